The number of esters is 1. The van der Waals surface area contributed by atoms with Crippen molar-refractivity contribution >= 4 is 17.6 Å². The third-order valence-electron chi connectivity index (χ3n) is 2.76. The Labute approximate surface area is 117 Å². The Morgan fingerprint density at radius 2 is 1.50 bits per heavy atom. The van der Waals surface area contributed by atoms with Crippen LogP contribution in [0.5, 0.6) is 0 Å². The third-order valence-corrected chi connectivity index (χ3v) is 2.98. The highest BCUT2D eigenvalue weighted by atomic mass is 35.5. The Bertz CT molecular complexity index is 215. The molecule has 0 aromatic rings. The van der Waals surface area contributed by atoms with Crippen LogP contribution in [0.25, 0.3) is 0 Å². The van der Waals surface area contributed by atoms with Crippen LogP contribution in [-0.4, -0.2) is 18.5 Å². The Morgan fingerprint density at radius 1 is 0.944 bits per heavy atom. The monoisotopic (exact) mass is 274 g/mol. The van der Waals surface area contributed by atoms with Crippen molar-refractivity contribution in [3.8, 4) is 0 Å². The van der Waals surface area contributed by atoms with E-state index in [0.717, 1.165) is 18.7 Å². The molecular formula is C15H27ClO2. The molecule has 0 saturated carbocycles. The number of alkyl halides is 1. The molecular weight excluding hydrogens is 248 g/mol. The number of ether oxygens (including phenoxy) is 1. The van der Waals surface area contributed by atoms with Crippen LogP contribution in [0.2, 0.25) is 0 Å². The van der Waals surface area contributed by atoms with Gasteiger partial charge < -0.3 is 4.74 Å². The summed E-state index contributed by atoms with van der Waals surface area (Å²) in [5, 5.41) is 0. The third kappa shape index (κ3) is 15.5. The van der Waals surface area contributed by atoms with E-state index in [1.165, 1.54) is 51.9 Å². The maximum atomic E-state index is 10.5. The average molecular weight is 275 g/mol. The summed E-state index contributed by atoms with van der Waals surface area (Å²) in [6.07, 6.45) is 15.2. The van der Waals surface area contributed by atoms with Gasteiger partial charge in [0.1, 0.15) is 0 Å². The van der Waals surface area contributed by atoms with E-state index in [0.29, 0.717) is 6.61 Å². The smallest absolute Gasteiger partial charge is 0.302 e. The summed E-state index contributed by atoms with van der Waals surface area (Å²) in [6.45, 7) is 2.04. The van der Waals surface area contributed by atoms with Crippen LogP contribution in [-0.2, 0) is 9.53 Å². The van der Waals surface area contributed by atoms with Crippen LogP contribution in [0.1, 0.15) is 64.7 Å². The molecule has 0 heterocycles. The second kappa shape index (κ2) is 14.6. The van der Waals surface area contributed by atoms with E-state index in [2.05, 4.69) is 12.2 Å². The van der Waals surface area contributed by atoms with E-state index in [-0.39, 0.29) is 5.97 Å². The molecule has 0 saturated heterocycles. The summed E-state index contributed by atoms with van der Waals surface area (Å²) in [6, 6.07) is 0. The SMILES string of the molecule is CC(=O)OCCCCCCCCC/C=C/CCCl. The predicted molar refractivity (Wildman–Crippen MR) is 78.0 cm³/mol. The number of carbonyl (C=O) groups is 1. The first kappa shape index (κ1) is 17.5. The van der Waals surface area contributed by atoms with Crippen molar-refractivity contribution in [3.63, 3.8) is 0 Å². The fourth-order valence-corrected chi connectivity index (χ4v) is 1.89. The summed E-state index contributed by atoms with van der Waals surface area (Å²) < 4.78 is 4.88. The topological polar surface area (TPSA) is 26.3 Å². The lowest BCUT2D eigenvalue weighted by molar-refractivity contribution is -0.141. The Morgan fingerprint density at radius 3 is 2.11 bits per heavy atom. The van der Waals surface area contributed by atoms with Crippen molar-refractivity contribution in [1.82, 2.24) is 0 Å². The minimum atomic E-state index is -0.169. The molecule has 0 fully saturated rings. The largest absolute Gasteiger partial charge is 0.466 e. The van der Waals surface area contributed by atoms with Gasteiger partial charge in [0, 0.05) is 12.8 Å². The van der Waals surface area contributed by atoms with E-state index in [4.69, 9.17) is 16.3 Å². The normalized spacial score (nSPS) is 11.0. The zero-order chi connectivity index (χ0) is 13.5. The molecule has 0 atom stereocenters. The lowest BCUT2D eigenvalue weighted by Crippen LogP contribution is -1.99. The number of carbonyl (C=O) groups excluding carboxylic acids is 1. The summed E-state index contributed by atoms with van der Waals surface area (Å²) in [4.78, 5) is 10.5. The molecule has 0 aliphatic heterocycles. The highest BCUT2D eigenvalue weighted by molar-refractivity contribution is 6.17. The number of hydrogen-bond donors (Lipinski definition) is 0. The van der Waals surface area contributed by atoms with Gasteiger partial charge in [-0.1, -0.05) is 44.3 Å². The predicted octanol–water partition coefficient (Wildman–Crippen LogP) is 4.86. The molecule has 106 valence electrons. The van der Waals surface area contributed by atoms with E-state index < -0.39 is 0 Å². The molecule has 2 nitrogen and oxygen atoms in total. The second-order valence-corrected chi connectivity index (χ2v) is 4.93. The molecule has 0 radical (unpaired) electrons. The molecule has 0 amide bonds. The molecule has 0 aliphatic carbocycles. The minimum absolute atomic E-state index is 0.169. The molecule has 0 aromatic heterocycles. The fourth-order valence-electron chi connectivity index (χ4n) is 1.76. The van der Waals surface area contributed by atoms with Crippen molar-refractivity contribution in [2.75, 3.05) is 12.5 Å². The molecule has 18 heavy (non-hydrogen) atoms. The zero-order valence-corrected chi connectivity index (χ0v) is 12.4. The number of halogens is 1. The molecule has 0 aromatic carbocycles. The van der Waals surface area contributed by atoms with E-state index in [1.54, 1.807) is 0 Å². The molecule has 0 rings (SSSR count). The van der Waals surface area contributed by atoms with Gasteiger partial charge in [-0.3, -0.25) is 4.79 Å². The summed E-state index contributed by atoms with van der Waals surface area (Å²) in [5.41, 5.74) is 0. The highest BCUT2D eigenvalue weighted by Crippen LogP contribution is 2.09. The standard InChI is InChI=1S/C15H27ClO2/c1-15(17)18-14-12-10-8-6-4-2-3-5-7-9-11-13-16/h7,9H,2-6,8,10-14H2,1H3/b9-7+. The van der Waals surface area contributed by atoms with Crippen LogP contribution in [0.3, 0.4) is 0 Å². The van der Waals surface area contributed by atoms with Gasteiger partial charge in [-0.25, -0.2) is 0 Å². The molecule has 0 N–H and O–H groups in total. The van der Waals surface area contributed by atoms with Crippen LogP contribution >= 0.6 is 11.6 Å². The summed E-state index contributed by atoms with van der Waals surface area (Å²) in [7, 11) is 0. The Balaban J connectivity index is 3.01. The van der Waals surface area contributed by atoms with Gasteiger partial charge in [-0.05, 0) is 25.7 Å². The number of allylic oxidation sites excluding steroid dienone is 2. The maximum Gasteiger partial charge on any atom is 0.302 e. The second-order valence-electron chi connectivity index (χ2n) is 4.55. The summed E-state index contributed by atoms with van der Waals surface area (Å²) in [5.74, 6) is 0.557. The van der Waals surface area contributed by atoms with Gasteiger partial charge in [0.25, 0.3) is 0 Å². The number of unbranched alkanes of at least 4 members (excludes halogenated alkanes) is 7. The lowest BCUT2D eigenvalue weighted by Gasteiger charge is -2.02. The first-order chi connectivity index (χ1) is 8.77. The van der Waals surface area contributed by atoms with Crippen LogP contribution in [0, 0.1) is 0 Å². The van der Waals surface area contributed by atoms with Gasteiger partial charge >= 0.3 is 5.97 Å². The van der Waals surface area contributed by atoms with Crippen molar-refractivity contribution in [2.45, 2.75) is 64.7 Å². The van der Waals surface area contributed by atoms with Crippen molar-refractivity contribution < 1.29 is 9.53 Å². The first-order valence-corrected chi connectivity index (χ1v) is 7.65. The summed E-state index contributed by atoms with van der Waals surface area (Å²) >= 11 is 5.57. The first-order valence-electron chi connectivity index (χ1n) is 7.11. The average Bonchev–Trinajstić information content (AvgIpc) is 2.34. The molecule has 0 bridgehead atoms. The minimum Gasteiger partial charge on any atom is -0.466 e. The maximum absolute atomic E-state index is 10.5. The molecule has 0 unspecified atom stereocenters. The van der Waals surface area contributed by atoms with Gasteiger partial charge in [0.15, 0.2) is 0 Å². The highest BCUT2D eigenvalue weighted by Gasteiger charge is 1.94. The fraction of sp³-hybridized carbons (Fsp3) is 0.800. The number of rotatable bonds is 12. The van der Waals surface area contributed by atoms with Crippen LogP contribution < -0.4 is 0 Å². The van der Waals surface area contributed by atoms with Crippen molar-refractivity contribution in [1.29, 1.82) is 0 Å². The van der Waals surface area contributed by atoms with Gasteiger partial charge in [-0.15, -0.1) is 11.6 Å². The van der Waals surface area contributed by atoms with E-state index in [9.17, 15) is 4.79 Å². The van der Waals surface area contributed by atoms with Crippen LogP contribution in [0.4, 0.5) is 0 Å². The zero-order valence-electron chi connectivity index (χ0n) is 11.6. The van der Waals surface area contributed by atoms with E-state index in [1.807, 2.05) is 0 Å². The quantitative estimate of drug-likeness (QED) is 0.220. The van der Waals surface area contributed by atoms with Crippen molar-refractivity contribution in [3.05, 3.63) is 12.2 Å². The van der Waals surface area contributed by atoms with Gasteiger partial charge in [0.2, 0.25) is 0 Å². The molecule has 0 spiro atoms. The van der Waals surface area contributed by atoms with Crippen LogP contribution in [0.15, 0.2) is 12.2 Å². The van der Waals surface area contributed by atoms with Gasteiger partial charge in [-0.2, -0.15) is 0 Å². The number of hydrogen-bond acceptors (Lipinski definition) is 2. The Hall–Kier alpha value is -0.500. The van der Waals surface area contributed by atoms with E-state index >= 15 is 0 Å². The van der Waals surface area contributed by atoms with Crippen molar-refractivity contribution in [2.24, 2.45) is 0 Å². The molecule has 3 heteroatoms. The lowest BCUT2D eigenvalue weighted by atomic mass is 10.1. The molecule has 0 aliphatic rings. The Kier molecular flexibility index (Phi) is 14.2. The van der Waals surface area contributed by atoms with Gasteiger partial charge in [0.05, 0.1) is 6.61 Å².